The van der Waals surface area contributed by atoms with Crippen LogP contribution in [0.15, 0.2) is 0 Å². The molecule has 2 N–H and O–H groups in total. The third kappa shape index (κ3) is 13.5. The molecule has 0 fully saturated rings. The van der Waals surface area contributed by atoms with Gasteiger partial charge in [-0.05, 0) is 11.8 Å². The molecule has 0 aliphatic heterocycles. The molecule has 0 spiro atoms. The van der Waals surface area contributed by atoms with Crippen LogP contribution in [0.2, 0.25) is 0 Å². The molecule has 6 heteroatoms. The van der Waals surface area contributed by atoms with E-state index in [0.29, 0.717) is 6.42 Å². The van der Waals surface area contributed by atoms with Crippen LogP contribution in [-0.2, 0) is 10.3 Å². The molecule has 0 saturated carbocycles. The van der Waals surface area contributed by atoms with E-state index in [4.69, 9.17) is 4.55 Å². The van der Waals surface area contributed by atoms with Crippen LogP contribution < -0.4 is 4.72 Å². The van der Waals surface area contributed by atoms with Crippen molar-refractivity contribution in [2.45, 2.75) is 27.2 Å². The van der Waals surface area contributed by atoms with Gasteiger partial charge in [-0.2, -0.15) is 13.1 Å². The summed E-state index contributed by atoms with van der Waals surface area (Å²) in [7, 11) is -4.00. The second-order valence-corrected chi connectivity index (χ2v) is 4.92. The van der Waals surface area contributed by atoms with Gasteiger partial charge in [0.2, 0.25) is 0 Å². The Hall–Kier alpha value is 0.870. The maximum absolute atomic E-state index is 10.2. The van der Waals surface area contributed by atoms with Crippen LogP contribution in [0.25, 0.3) is 0 Å². The summed E-state index contributed by atoms with van der Waals surface area (Å²) in [4.78, 5) is 0. The van der Waals surface area contributed by atoms with Gasteiger partial charge in [-0.15, -0.1) is 0 Å². The summed E-state index contributed by atoms with van der Waals surface area (Å²) in [6, 6.07) is 0. The van der Waals surface area contributed by atoms with Gasteiger partial charge in [0, 0.05) is 6.54 Å². The van der Waals surface area contributed by atoms with Crippen LogP contribution in [-0.4, -0.2) is 49.1 Å². The van der Waals surface area contributed by atoms with E-state index in [0.717, 1.165) is 0 Å². The topological polar surface area (TPSA) is 66.4 Å². The zero-order valence-electron chi connectivity index (χ0n) is 7.09. The van der Waals surface area contributed by atoms with Crippen LogP contribution in [0.3, 0.4) is 0 Å². The molecule has 12 heavy (non-hydrogen) atoms. The number of hydrogen-bond acceptors (Lipinski definition) is 2. The van der Waals surface area contributed by atoms with Gasteiger partial charge in [0.25, 0.3) is 0 Å². The summed E-state index contributed by atoms with van der Waals surface area (Å²) in [5, 5.41) is 0. The molecule has 0 rings (SSSR count). The van der Waals surface area contributed by atoms with Crippen molar-refractivity contribution < 1.29 is 13.0 Å². The van der Waals surface area contributed by atoms with Gasteiger partial charge in [0.15, 0.2) is 0 Å². The maximum atomic E-state index is 10.2. The predicted octanol–water partition coefficient (Wildman–Crippen LogP) is 0.167. The summed E-state index contributed by atoms with van der Waals surface area (Å²) in [5.74, 6) is 0. The molecule has 0 heterocycles. The van der Waals surface area contributed by atoms with Gasteiger partial charge < -0.3 is 0 Å². The van der Waals surface area contributed by atoms with E-state index < -0.39 is 10.3 Å². The first-order chi connectivity index (χ1) is 4.71. The normalized spacial score (nSPS) is 12.3. The van der Waals surface area contributed by atoms with Crippen molar-refractivity contribution in [3.05, 3.63) is 0 Å². The van der Waals surface area contributed by atoms with E-state index in [1.807, 2.05) is 25.5 Å². The van der Waals surface area contributed by atoms with Gasteiger partial charge in [-0.1, -0.05) is 20.8 Å². The van der Waals surface area contributed by atoms with Gasteiger partial charge in [-0.25, -0.2) is 0 Å². The summed E-state index contributed by atoms with van der Waals surface area (Å²) < 4.78 is 30.6. The van der Waals surface area contributed by atoms with Crippen molar-refractivity contribution in [2.24, 2.45) is 5.41 Å². The first kappa shape index (κ1) is 15.3. The van der Waals surface area contributed by atoms with Crippen LogP contribution in [0.5, 0.6) is 0 Å². The number of hydrogen-bond donors (Lipinski definition) is 2. The minimum atomic E-state index is -4.00. The zero-order chi connectivity index (χ0) is 9.12. The molecule has 0 aromatic rings. The average Bonchev–Trinajstić information content (AvgIpc) is 1.55. The second-order valence-electron chi connectivity index (χ2n) is 3.68. The van der Waals surface area contributed by atoms with E-state index in [9.17, 15) is 8.42 Å². The van der Waals surface area contributed by atoms with Crippen LogP contribution in [0.1, 0.15) is 27.2 Å². The Morgan fingerprint density at radius 2 is 1.75 bits per heavy atom. The summed E-state index contributed by atoms with van der Waals surface area (Å²) >= 11 is 0. The van der Waals surface area contributed by atoms with Crippen molar-refractivity contribution in [3.63, 3.8) is 0 Å². The molecule has 0 saturated heterocycles. The molecule has 0 unspecified atom stereocenters. The standard InChI is InChI=1S/C6H15NO3S.Na.H/c1-6(2,3)4-5-7-11(8,9)10;;/h7H,4-5H2,1-3H3,(H,8,9,10);;. The minimum absolute atomic E-state index is 0. The summed E-state index contributed by atoms with van der Waals surface area (Å²) in [6.07, 6.45) is 0.701. The van der Waals surface area contributed by atoms with Crippen molar-refractivity contribution in [2.75, 3.05) is 6.54 Å². The molecule has 0 atom stereocenters. The van der Waals surface area contributed by atoms with Crippen molar-refractivity contribution in [1.82, 2.24) is 4.72 Å². The Morgan fingerprint density at radius 1 is 1.33 bits per heavy atom. The van der Waals surface area contributed by atoms with E-state index >= 15 is 0 Å². The SMILES string of the molecule is CC(C)(C)CCNS(=O)(=O)O.[NaH]. The fourth-order valence-electron chi connectivity index (χ4n) is 0.555. The molecule has 0 aliphatic carbocycles. The fourth-order valence-corrected chi connectivity index (χ4v) is 0.915. The Kier molecular flexibility index (Phi) is 7.12. The van der Waals surface area contributed by atoms with E-state index in [1.54, 1.807) is 0 Å². The predicted molar refractivity (Wildman–Crippen MR) is 50.8 cm³/mol. The second kappa shape index (κ2) is 5.57. The first-order valence-electron chi connectivity index (χ1n) is 3.43. The molecule has 4 nitrogen and oxygen atoms in total. The number of rotatable bonds is 3. The monoisotopic (exact) mass is 205 g/mol. The molecule has 0 radical (unpaired) electrons. The molecular formula is C6H16NNaO3S. The molecular weight excluding hydrogens is 189 g/mol. The molecule has 70 valence electrons. The van der Waals surface area contributed by atoms with E-state index in [1.165, 1.54) is 0 Å². The Labute approximate surface area is 96.3 Å². The Bertz CT molecular complexity index is 207. The van der Waals surface area contributed by atoms with E-state index in [-0.39, 0.29) is 41.5 Å². The van der Waals surface area contributed by atoms with Crippen molar-refractivity contribution in [3.8, 4) is 0 Å². The van der Waals surface area contributed by atoms with Crippen LogP contribution >= 0.6 is 0 Å². The molecule has 0 aromatic heterocycles. The van der Waals surface area contributed by atoms with E-state index in [2.05, 4.69) is 0 Å². The van der Waals surface area contributed by atoms with Gasteiger partial charge in [0.1, 0.15) is 0 Å². The fraction of sp³-hybridized carbons (Fsp3) is 1.00. The van der Waals surface area contributed by atoms with Gasteiger partial charge in [-0.3, -0.25) is 4.55 Å². The Morgan fingerprint density at radius 3 is 2.00 bits per heavy atom. The molecule has 0 aliphatic rings. The third-order valence-corrected chi connectivity index (χ3v) is 1.73. The average molecular weight is 205 g/mol. The zero-order valence-corrected chi connectivity index (χ0v) is 7.90. The summed E-state index contributed by atoms with van der Waals surface area (Å²) in [5.41, 5.74) is 0.0810. The van der Waals surface area contributed by atoms with Crippen LogP contribution in [0.4, 0.5) is 0 Å². The van der Waals surface area contributed by atoms with Gasteiger partial charge >= 0.3 is 39.9 Å². The van der Waals surface area contributed by atoms with Crippen molar-refractivity contribution in [1.29, 1.82) is 0 Å². The molecule has 0 amide bonds. The van der Waals surface area contributed by atoms with Crippen LogP contribution in [0, 0.1) is 5.41 Å². The third-order valence-electron chi connectivity index (χ3n) is 1.16. The van der Waals surface area contributed by atoms with Gasteiger partial charge in [0.05, 0.1) is 0 Å². The quantitative estimate of drug-likeness (QED) is 0.509. The Balaban J connectivity index is 0. The number of nitrogens with one attached hydrogen (secondary N) is 1. The van der Waals surface area contributed by atoms with Crippen molar-refractivity contribution >= 4 is 39.9 Å². The first-order valence-corrected chi connectivity index (χ1v) is 4.87. The summed E-state index contributed by atoms with van der Waals surface area (Å²) in [6.45, 7) is 6.28. The molecule has 0 bridgehead atoms. The molecule has 0 aromatic carbocycles.